The number of nitrogens with zero attached hydrogens (tertiary/aromatic N) is 3. The minimum absolute atomic E-state index is 0.106. The molecular weight excluding hydrogens is 404 g/mol. The predicted molar refractivity (Wildman–Crippen MR) is 115 cm³/mol. The molecule has 0 radical (unpaired) electrons. The maximum atomic E-state index is 13.7. The van der Waals surface area contributed by atoms with Crippen molar-refractivity contribution in [2.75, 3.05) is 26.2 Å². The van der Waals surface area contributed by atoms with E-state index >= 15 is 0 Å². The van der Waals surface area contributed by atoms with Gasteiger partial charge in [0, 0.05) is 55.3 Å². The number of benzene rings is 2. The van der Waals surface area contributed by atoms with Crippen LogP contribution in [0.2, 0.25) is 0 Å². The van der Waals surface area contributed by atoms with Crippen molar-refractivity contribution in [1.29, 1.82) is 0 Å². The Kier molecular flexibility index (Phi) is 6.30. The zero-order valence-electron chi connectivity index (χ0n) is 16.3. The van der Waals surface area contributed by atoms with Crippen LogP contribution in [0.1, 0.15) is 11.3 Å². The van der Waals surface area contributed by atoms with Crippen LogP contribution in [-0.4, -0.2) is 46.9 Å². The normalized spacial score (nSPS) is 15.1. The quantitative estimate of drug-likeness (QED) is 0.567. The number of hydrogen-bond acceptors (Lipinski definition) is 4. The van der Waals surface area contributed by atoms with Gasteiger partial charge in [0.2, 0.25) is 5.91 Å². The molecule has 3 aromatic rings. The van der Waals surface area contributed by atoms with Crippen LogP contribution in [0.15, 0.2) is 60.0 Å². The van der Waals surface area contributed by atoms with E-state index in [1.165, 1.54) is 30.4 Å². The Bertz CT molecular complexity index is 1040. The van der Waals surface area contributed by atoms with Crippen molar-refractivity contribution in [3.05, 3.63) is 82.9 Å². The maximum absolute atomic E-state index is 13.7. The number of hydrogen-bond donors (Lipinski definition) is 0. The lowest BCUT2D eigenvalue weighted by atomic mass is 10.2. The summed E-state index contributed by atoms with van der Waals surface area (Å²) in [6, 6.07) is 12.7. The van der Waals surface area contributed by atoms with Gasteiger partial charge in [0.1, 0.15) is 16.6 Å². The van der Waals surface area contributed by atoms with Crippen LogP contribution >= 0.6 is 11.3 Å². The largest absolute Gasteiger partial charge is 0.337 e. The van der Waals surface area contributed by atoms with Gasteiger partial charge in [-0.15, -0.1) is 11.3 Å². The molecule has 0 bridgehead atoms. The first kappa shape index (κ1) is 20.4. The van der Waals surface area contributed by atoms with E-state index in [1.807, 2.05) is 5.38 Å². The minimum atomic E-state index is -0.338. The Morgan fingerprint density at radius 2 is 1.77 bits per heavy atom. The van der Waals surface area contributed by atoms with E-state index in [1.54, 1.807) is 46.6 Å². The fraction of sp³-hybridized carbons (Fsp3) is 0.217. The Hall–Kier alpha value is -2.90. The highest BCUT2D eigenvalue weighted by Crippen LogP contribution is 2.24. The smallest absolute Gasteiger partial charge is 0.246 e. The third kappa shape index (κ3) is 4.98. The molecule has 1 aromatic heterocycles. The first-order valence-electron chi connectivity index (χ1n) is 9.73. The summed E-state index contributed by atoms with van der Waals surface area (Å²) in [6.07, 6.45) is 2.96. The maximum Gasteiger partial charge on any atom is 0.246 e. The van der Waals surface area contributed by atoms with Crippen molar-refractivity contribution in [2.24, 2.45) is 0 Å². The molecule has 4 rings (SSSR count). The van der Waals surface area contributed by atoms with Gasteiger partial charge < -0.3 is 4.90 Å². The first-order valence-corrected chi connectivity index (χ1v) is 10.6. The van der Waals surface area contributed by atoms with Gasteiger partial charge in [-0.1, -0.05) is 18.2 Å². The highest BCUT2D eigenvalue weighted by Gasteiger charge is 2.20. The van der Waals surface area contributed by atoms with Crippen LogP contribution in [0.4, 0.5) is 8.78 Å². The number of amides is 1. The molecule has 30 heavy (non-hydrogen) atoms. The number of piperazine rings is 1. The van der Waals surface area contributed by atoms with Crippen molar-refractivity contribution in [3.63, 3.8) is 0 Å². The molecule has 1 aliphatic rings. The Morgan fingerprint density at radius 3 is 2.50 bits per heavy atom. The summed E-state index contributed by atoms with van der Waals surface area (Å²) in [5, 5.41) is 2.89. The van der Waals surface area contributed by atoms with Crippen molar-refractivity contribution < 1.29 is 13.6 Å². The highest BCUT2D eigenvalue weighted by molar-refractivity contribution is 7.13. The number of carbonyl (C=O) groups excluding carboxylic acids is 1. The fourth-order valence-electron chi connectivity index (χ4n) is 3.34. The molecule has 0 N–H and O–H groups in total. The summed E-state index contributed by atoms with van der Waals surface area (Å²) in [7, 11) is 0. The van der Waals surface area contributed by atoms with Crippen molar-refractivity contribution in [2.45, 2.75) is 6.54 Å². The van der Waals surface area contributed by atoms with Gasteiger partial charge in [-0.3, -0.25) is 9.69 Å². The second-order valence-corrected chi connectivity index (χ2v) is 7.97. The summed E-state index contributed by atoms with van der Waals surface area (Å²) >= 11 is 1.54. The zero-order valence-corrected chi connectivity index (χ0v) is 17.1. The van der Waals surface area contributed by atoms with Crippen molar-refractivity contribution in [1.82, 2.24) is 14.8 Å². The predicted octanol–water partition coefficient (Wildman–Crippen LogP) is 4.45. The molecule has 0 atom stereocenters. The second kappa shape index (κ2) is 9.28. The standard InChI is InChI=1S/C23H21F2N3OS/c24-19-8-5-18(6-9-19)23-26-20(16-30-23)15-27-11-13-28(14-12-27)22(29)10-7-17-3-1-2-4-21(17)25/h1-10,16H,11-15H2/b10-7+. The molecule has 154 valence electrons. The molecular formula is C23H21F2N3OS. The Balaban J connectivity index is 1.29. The van der Waals surface area contributed by atoms with Gasteiger partial charge in [0.25, 0.3) is 0 Å². The summed E-state index contributed by atoms with van der Waals surface area (Å²) in [5.41, 5.74) is 2.29. The van der Waals surface area contributed by atoms with Crippen LogP contribution in [0, 0.1) is 11.6 Å². The monoisotopic (exact) mass is 425 g/mol. The number of carbonyl (C=O) groups is 1. The highest BCUT2D eigenvalue weighted by atomic mass is 32.1. The molecule has 1 amide bonds. The van der Waals surface area contributed by atoms with Crippen LogP contribution in [-0.2, 0) is 11.3 Å². The van der Waals surface area contributed by atoms with Gasteiger partial charge in [0.05, 0.1) is 5.69 Å². The number of rotatable bonds is 5. The van der Waals surface area contributed by atoms with Crippen molar-refractivity contribution in [3.8, 4) is 10.6 Å². The second-order valence-electron chi connectivity index (χ2n) is 7.11. The van der Waals surface area contributed by atoms with E-state index in [0.717, 1.165) is 29.4 Å². The van der Waals surface area contributed by atoms with Gasteiger partial charge in [-0.2, -0.15) is 0 Å². The molecule has 2 heterocycles. The zero-order chi connectivity index (χ0) is 20.9. The van der Waals surface area contributed by atoms with Gasteiger partial charge in [0.15, 0.2) is 0 Å². The van der Waals surface area contributed by atoms with E-state index in [2.05, 4.69) is 9.88 Å². The lowest BCUT2D eigenvalue weighted by Gasteiger charge is -2.33. The average molecular weight is 426 g/mol. The third-order valence-corrected chi connectivity index (χ3v) is 5.96. The van der Waals surface area contributed by atoms with Crippen molar-refractivity contribution >= 4 is 23.3 Å². The average Bonchev–Trinajstić information content (AvgIpc) is 3.22. The van der Waals surface area contributed by atoms with Crippen LogP contribution < -0.4 is 0 Å². The Morgan fingerprint density at radius 1 is 1.03 bits per heavy atom. The van der Waals surface area contributed by atoms with Crippen LogP contribution in [0.3, 0.4) is 0 Å². The molecule has 0 saturated carbocycles. The van der Waals surface area contributed by atoms with E-state index < -0.39 is 0 Å². The molecule has 7 heteroatoms. The van der Waals surface area contributed by atoms with Gasteiger partial charge in [-0.25, -0.2) is 13.8 Å². The van der Waals surface area contributed by atoms with Gasteiger partial charge >= 0.3 is 0 Å². The van der Waals surface area contributed by atoms with Crippen LogP contribution in [0.25, 0.3) is 16.6 Å². The van der Waals surface area contributed by atoms with E-state index in [4.69, 9.17) is 0 Å². The molecule has 1 saturated heterocycles. The molecule has 1 aliphatic heterocycles. The first-order chi connectivity index (χ1) is 14.6. The topological polar surface area (TPSA) is 36.4 Å². The number of halogens is 2. The number of aromatic nitrogens is 1. The molecule has 2 aromatic carbocycles. The van der Waals surface area contributed by atoms with Gasteiger partial charge in [-0.05, 0) is 36.4 Å². The molecule has 4 nitrogen and oxygen atoms in total. The third-order valence-electron chi connectivity index (χ3n) is 5.02. The fourth-order valence-corrected chi connectivity index (χ4v) is 4.15. The molecule has 0 aliphatic carbocycles. The lowest BCUT2D eigenvalue weighted by Crippen LogP contribution is -2.47. The summed E-state index contributed by atoms with van der Waals surface area (Å²) in [5.74, 6) is -0.702. The summed E-state index contributed by atoms with van der Waals surface area (Å²) < 4.78 is 26.7. The number of thiazole rings is 1. The molecule has 0 unspecified atom stereocenters. The Labute approximate surface area is 178 Å². The molecule has 0 spiro atoms. The minimum Gasteiger partial charge on any atom is -0.337 e. The SMILES string of the molecule is O=C(/C=C/c1ccccc1F)N1CCN(Cc2csc(-c3ccc(F)cc3)n2)CC1. The van der Waals surface area contributed by atoms with E-state index in [0.29, 0.717) is 25.2 Å². The summed E-state index contributed by atoms with van der Waals surface area (Å²) in [4.78, 5) is 21.1. The van der Waals surface area contributed by atoms with Crippen LogP contribution in [0.5, 0.6) is 0 Å². The lowest BCUT2D eigenvalue weighted by molar-refractivity contribution is -0.127. The summed E-state index contributed by atoms with van der Waals surface area (Å²) in [6.45, 7) is 3.46. The molecule has 1 fully saturated rings. The van der Waals surface area contributed by atoms with E-state index in [9.17, 15) is 13.6 Å². The van der Waals surface area contributed by atoms with E-state index in [-0.39, 0.29) is 17.5 Å².